The molecule has 98 valence electrons. The van der Waals surface area contributed by atoms with Gasteiger partial charge in [-0.3, -0.25) is 0 Å². The molecule has 0 aliphatic rings. The monoisotopic (exact) mass is 272 g/mol. The number of nitrogens with zero attached hydrogens (tertiary/aromatic N) is 2. The summed E-state index contributed by atoms with van der Waals surface area (Å²) in [5, 5.41) is 0.673. The van der Waals surface area contributed by atoms with E-state index in [4.69, 9.17) is 0 Å². The van der Waals surface area contributed by atoms with Crippen LogP contribution in [0.1, 0.15) is 13.8 Å². The van der Waals surface area contributed by atoms with Crippen LogP contribution in [0.3, 0.4) is 0 Å². The number of hydrogen-bond donors (Lipinski definition) is 0. The zero-order valence-corrected chi connectivity index (χ0v) is 11.0. The smallest absolute Gasteiger partial charge is 0.387 e. The Labute approximate surface area is 108 Å². The number of ether oxygens (including phenoxy) is 1. The molecule has 0 spiro atoms. The van der Waals surface area contributed by atoms with Crippen LogP contribution in [0.2, 0.25) is 0 Å². The van der Waals surface area contributed by atoms with Gasteiger partial charge in [-0.2, -0.15) is 13.2 Å². The number of alkyl halides is 2. The fourth-order valence-electron chi connectivity index (χ4n) is 1.88. The van der Waals surface area contributed by atoms with Crippen LogP contribution in [0.15, 0.2) is 18.2 Å². The molecular formula is C12H14F2N2OS. The van der Waals surface area contributed by atoms with Gasteiger partial charge in [0.15, 0.2) is 5.82 Å². The van der Waals surface area contributed by atoms with E-state index in [-0.39, 0.29) is 5.75 Å². The SMILES string of the molecule is CCN(CC)c1nsc2cccc(OC(F)F)c12. The van der Waals surface area contributed by atoms with Crippen molar-refractivity contribution >= 4 is 27.4 Å². The van der Waals surface area contributed by atoms with Crippen molar-refractivity contribution in [1.82, 2.24) is 4.37 Å². The molecule has 2 rings (SSSR count). The van der Waals surface area contributed by atoms with Crippen LogP contribution < -0.4 is 9.64 Å². The highest BCUT2D eigenvalue weighted by Gasteiger charge is 2.17. The summed E-state index contributed by atoms with van der Waals surface area (Å²) in [7, 11) is 0. The van der Waals surface area contributed by atoms with Crippen molar-refractivity contribution in [1.29, 1.82) is 0 Å². The minimum absolute atomic E-state index is 0.193. The minimum atomic E-state index is -2.82. The molecule has 0 N–H and O–H groups in total. The van der Waals surface area contributed by atoms with Crippen molar-refractivity contribution in [2.45, 2.75) is 20.5 Å². The maximum Gasteiger partial charge on any atom is 0.387 e. The molecule has 0 saturated heterocycles. The Bertz CT molecular complexity index is 526. The lowest BCUT2D eigenvalue weighted by atomic mass is 10.2. The third-order valence-electron chi connectivity index (χ3n) is 2.72. The van der Waals surface area contributed by atoms with E-state index in [2.05, 4.69) is 9.11 Å². The number of anilines is 1. The van der Waals surface area contributed by atoms with Crippen LogP contribution in [-0.4, -0.2) is 24.1 Å². The quantitative estimate of drug-likeness (QED) is 0.829. The van der Waals surface area contributed by atoms with Crippen LogP contribution in [0.25, 0.3) is 10.1 Å². The van der Waals surface area contributed by atoms with Gasteiger partial charge in [-0.05, 0) is 37.5 Å². The average Bonchev–Trinajstić information content (AvgIpc) is 2.75. The molecule has 0 atom stereocenters. The molecule has 0 unspecified atom stereocenters. The predicted molar refractivity (Wildman–Crippen MR) is 69.8 cm³/mol. The van der Waals surface area contributed by atoms with Crippen molar-refractivity contribution in [2.24, 2.45) is 0 Å². The van der Waals surface area contributed by atoms with E-state index >= 15 is 0 Å². The molecule has 1 aromatic heterocycles. The highest BCUT2D eigenvalue weighted by atomic mass is 32.1. The summed E-state index contributed by atoms with van der Waals surface area (Å²) in [6.07, 6.45) is 0. The summed E-state index contributed by atoms with van der Waals surface area (Å²) in [6.45, 7) is 2.74. The molecule has 0 amide bonds. The summed E-state index contributed by atoms with van der Waals surface area (Å²) >= 11 is 1.30. The second-order valence-corrected chi connectivity index (χ2v) is 4.49. The first-order valence-corrected chi connectivity index (χ1v) is 6.52. The van der Waals surface area contributed by atoms with E-state index in [0.717, 1.165) is 23.6 Å². The molecule has 0 saturated carbocycles. The lowest BCUT2D eigenvalue weighted by molar-refractivity contribution is -0.0487. The maximum absolute atomic E-state index is 12.4. The molecule has 0 aliphatic heterocycles. The van der Waals surface area contributed by atoms with Crippen molar-refractivity contribution in [3.8, 4) is 5.75 Å². The van der Waals surface area contributed by atoms with Gasteiger partial charge in [-0.15, -0.1) is 0 Å². The standard InChI is InChI=1S/C12H14F2N2OS/c1-3-16(4-2)11-10-8(17-12(13)14)6-5-7-9(10)18-15-11/h5-7,12H,3-4H2,1-2H3. The molecule has 0 fully saturated rings. The largest absolute Gasteiger partial charge is 0.434 e. The zero-order chi connectivity index (χ0) is 13.1. The van der Waals surface area contributed by atoms with Gasteiger partial charge in [0.05, 0.1) is 10.1 Å². The van der Waals surface area contributed by atoms with Gasteiger partial charge in [0, 0.05) is 13.1 Å². The fourth-order valence-corrected chi connectivity index (χ4v) is 2.69. The van der Waals surface area contributed by atoms with Crippen LogP contribution in [0, 0.1) is 0 Å². The van der Waals surface area contributed by atoms with Gasteiger partial charge >= 0.3 is 6.61 Å². The van der Waals surface area contributed by atoms with Crippen LogP contribution in [-0.2, 0) is 0 Å². The Morgan fingerprint density at radius 1 is 1.33 bits per heavy atom. The van der Waals surface area contributed by atoms with E-state index in [0.29, 0.717) is 5.39 Å². The minimum Gasteiger partial charge on any atom is -0.434 e. The lowest BCUT2D eigenvalue weighted by Crippen LogP contribution is -2.22. The third kappa shape index (κ3) is 2.38. The Morgan fingerprint density at radius 2 is 2.06 bits per heavy atom. The van der Waals surface area contributed by atoms with Gasteiger partial charge in [0.2, 0.25) is 0 Å². The van der Waals surface area contributed by atoms with E-state index in [9.17, 15) is 8.78 Å². The predicted octanol–water partition coefficient (Wildman–Crippen LogP) is 3.74. The van der Waals surface area contributed by atoms with E-state index in [1.165, 1.54) is 11.5 Å². The summed E-state index contributed by atoms with van der Waals surface area (Å²) < 4.78 is 34.6. The molecule has 6 heteroatoms. The average molecular weight is 272 g/mol. The second-order valence-electron chi connectivity index (χ2n) is 3.69. The molecule has 1 heterocycles. The summed E-state index contributed by atoms with van der Waals surface area (Å²) in [6, 6.07) is 5.11. The number of fused-ring (bicyclic) bond motifs is 1. The highest BCUT2D eigenvalue weighted by molar-refractivity contribution is 7.13. The van der Waals surface area contributed by atoms with Crippen molar-refractivity contribution in [2.75, 3.05) is 18.0 Å². The molecule has 18 heavy (non-hydrogen) atoms. The fraction of sp³-hybridized carbons (Fsp3) is 0.417. The highest BCUT2D eigenvalue weighted by Crippen LogP contribution is 2.37. The second kappa shape index (κ2) is 5.48. The van der Waals surface area contributed by atoms with Crippen molar-refractivity contribution in [3.05, 3.63) is 18.2 Å². The Hall–Kier alpha value is -1.43. The summed E-state index contributed by atoms with van der Waals surface area (Å²) in [5.74, 6) is 0.911. The van der Waals surface area contributed by atoms with Gasteiger partial charge in [-0.1, -0.05) is 6.07 Å². The Balaban J connectivity index is 2.54. The van der Waals surface area contributed by atoms with Crippen molar-refractivity contribution < 1.29 is 13.5 Å². The number of halogens is 2. The van der Waals surface area contributed by atoms with Crippen molar-refractivity contribution in [3.63, 3.8) is 0 Å². The molecule has 1 aromatic carbocycles. The molecule has 3 nitrogen and oxygen atoms in total. The number of rotatable bonds is 5. The molecule has 0 radical (unpaired) electrons. The number of benzene rings is 1. The summed E-state index contributed by atoms with van der Waals surface area (Å²) in [4.78, 5) is 2.02. The molecule has 0 aliphatic carbocycles. The number of aromatic nitrogens is 1. The van der Waals surface area contributed by atoms with Crippen LogP contribution in [0.5, 0.6) is 5.75 Å². The molecule has 2 aromatic rings. The molecular weight excluding hydrogens is 258 g/mol. The van der Waals surface area contributed by atoms with E-state index < -0.39 is 6.61 Å². The summed E-state index contributed by atoms with van der Waals surface area (Å²) in [5.41, 5.74) is 0. The van der Waals surface area contributed by atoms with Gasteiger partial charge < -0.3 is 9.64 Å². The van der Waals surface area contributed by atoms with Gasteiger partial charge in [0.25, 0.3) is 0 Å². The van der Waals surface area contributed by atoms with Crippen LogP contribution in [0.4, 0.5) is 14.6 Å². The number of hydrogen-bond acceptors (Lipinski definition) is 4. The first-order valence-electron chi connectivity index (χ1n) is 5.75. The topological polar surface area (TPSA) is 25.4 Å². The normalized spacial score (nSPS) is 11.2. The first-order chi connectivity index (χ1) is 8.67. The Morgan fingerprint density at radius 3 is 2.67 bits per heavy atom. The van der Waals surface area contributed by atoms with Gasteiger partial charge in [-0.25, -0.2) is 0 Å². The first kappa shape index (κ1) is 13.0. The van der Waals surface area contributed by atoms with E-state index in [1.54, 1.807) is 12.1 Å². The maximum atomic E-state index is 12.4. The van der Waals surface area contributed by atoms with Gasteiger partial charge in [0.1, 0.15) is 5.75 Å². The Kier molecular flexibility index (Phi) is 3.96. The lowest BCUT2D eigenvalue weighted by Gasteiger charge is -2.19. The van der Waals surface area contributed by atoms with E-state index in [1.807, 2.05) is 24.8 Å². The van der Waals surface area contributed by atoms with Crippen LogP contribution >= 0.6 is 11.5 Å². The zero-order valence-electron chi connectivity index (χ0n) is 10.2. The molecule has 0 bridgehead atoms. The third-order valence-corrected chi connectivity index (χ3v) is 3.52.